The largest absolute Gasteiger partial charge is 0.310 e. The molecule has 1 aliphatic heterocycles. The molecule has 0 aliphatic carbocycles. The maximum absolute atomic E-state index is 12.0. The molecule has 0 saturated carbocycles. The molecule has 1 fully saturated rings. The molecule has 8 heteroatoms. The number of nitro groups is 1. The van der Waals surface area contributed by atoms with Gasteiger partial charge in [-0.3, -0.25) is 19.7 Å². The van der Waals surface area contributed by atoms with E-state index in [0.717, 1.165) is 17.8 Å². The molecule has 1 aliphatic rings. The monoisotopic (exact) mass is 305 g/mol. The van der Waals surface area contributed by atoms with Crippen molar-refractivity contribution in [2.24, 2.45) is 0 Å². The number of carbonyl (C=O) groups excluding carboxylic acids is 2. The van der Waals surface area contributed by atoms with Crippen LogP contribution in [0.25, 0.3) is 0 Å². The zero-order valence-electron chi connectivity index (χ0n) is 11.1. The lowest BCUT2D eigenvalue weighted by Gasteiger charge is -2.17. The average molecular weight is 305 g/mol. The summed E-state index contributed by atoms with van der Waals surface area (Å²) in [5.41, 5.74) is 0.224. The van der Waals surface area contributed by atoms with E-state index in [0.29, 0.717) is 12.2 Å². The van der Waals surface area contributed by atoms with Gasteiger partial charge in [-0.15, -0.1) is 0 Å². The highest BCUT2D eigenvalue weighted by Gasteiger charge is 2.33. The van der Waals surface area contributed by atoms with Crippen LogP contribution in [0, 0.1) is 21.4 Å². The molecule has 0 radical (unpaired) electrons. The fourth-order valence-corrected chi connectivity index (χ4v) is 3.10. The first kappa shape index (κ1) is 15.0. The quantitative estimate of drug-likeness (QED) is 0.623. The Morgan fingerprint density at radius 2 is 2.29 bits per heavy atom. The molecule has 0 bridgehead atoms. The van der Waals surface area contributed by atoms with E-state index in [1.807, 2.05) is 6.07 Å². The average Bonchev–Trinajstić information content (AvgIpc) is 2.77. The van der Waals surface area contributed by atoms with Gasteiger partial charge < -0.3 is 4.90 Å². The van der Waals surface area contributed by atoms with Gasteiger partial charge in [0.2, 0.25) is 5.91 Å². The minimum atomic E-state index is -0.592. The second-order valence-corrected chi connectivity index (χ2v) is 5.99. The second kappa shape index (κ2) is 5.93. The summed E-state index contributed by atoms with van der Waals surface area (Å²) in [4.78, 5) is 34.6. The lowest BCUT2D eigenvalue weighted by molar-refractivity contribution is -0.384. The number of hydrogen-bond acceptors (Lipinski definition) is 6. The maximum Gasteiger partial charge on any atom is 0.270 e. The number of nitro benzene ring substituents is 1. The van der Waals surface area contributed by atoms with Crippen molar-refractivity contribution in [3.05, 3.63) is 33.9 Å². The molecule has 0 aromatic heterocycles. The van der Waals surface area contributed by atoms with Gasteiger partial charge in [-0.1, -0.05) is 11.8 Å². The van der Waals surface area contributed by atoms with Crippen LogP contribution in [0.1, 0.15) is 18.9 Å². The fourth-order valence-electron chi connectivity index (χ4n) is 2.18. The highest BCUT2D eigenvalue weighted by Crippen LogP contribution is 2.32. The minimum Gasteiger partial charge on any atom is -0.310 e. The number of thioether (sulfide) groups is 1. The Bertz CT molecular complexity index is 668. The summed E-state index contributed by atoms with van der Waals surface area (Å²) in [7, 11) is 0. The molecule has 0 spiro atoms. The van der Waals surface area contributed by atoms with Crippen molar-refractivity contribution in [1.29, 1.82) is 5.26 Å². The Kier molecular flexibility index (Phi) is 4.23. The van der Waals surface area contributed by atoms with Crippen molar-refractivity contribution in [3.63, 3.8) is 0 Å². The summed E-state index contributed by atoms with van der Waals surface area (Å²) in [6.45, 7) is 1.75. The van der Waals surface area contributed by atoms with Gasteiger partial charge in [0.1, 0.15) is 6.07 Å². The Labute approximate surface area is 124 Å². The standard InChI is InChI=1S/C13H11N3O4S/c1-8(17)21-11-5-13(18)15(7-11)12-3-2-10(16(19)20)4-9(12)6-14/h2-4,11H,5,7H2,1H3. The molecule has 1 aromatic rings. The summed E-state index contributed by atoms with van der Waals surface area (Å²) in [6.07, 6.45) is 0.214. The van der Waals surface area contributed by atoms with Gasteiger partial charge in [-0.2, -0.15) is 5.26 Å². The van der Waals surface area contributed by atoms with Crippen molar-refractivity contribution in [1.82, 2.24) is 0 Å². The van der Waals surface area contributed by atoms with Crippen molar-refractivity contribution in [2.75, 3.05) is 11.4 Å². The predicted octanol–water partition coefficient (Wildman–Crippen LogP) is 1.85. The minimum absolute atomic E-state index is 0.0705. The first-order valence-corrected chi connectivity index (χ1v) is 6.96. The van der Waals surface area contributed by atoms with Gasteiger partial charge in [-0.25, -0.2) is 0 Å². The number of hydrogen-bond donors (Lipinski definition) is 0. The molecule has 7 nitrogen and oxygen atoms in total. The Hall–Kier alpha value is -2.40. The molecule has 108 valence electrons. The van der Waals surface area contributed by atoms with Crippen LogP contribution in [0.4, 0.5) is 11.4 Å². The molecule has 2 rings (SSSR count). The fraction of sp³-hybridized carbons (Fsp3) is 0.308. The third-order valence-electron chi connectivity index (χ3n) is 3.02. The number of non-ortho nitro benzene ring substituents is 1. The second-order valence-electron chi connectivity index (χ2n) is 4.51. The van der Waals surface area contributed by atoms with E-state index in [-0.39, 0.29) is 33.9 Å². The number of anilines is 1. The highest BCUT2D eigenvalue weighted by molar-refractivity contribution is 8.14. The molecular formula is C13H11N3O4S. The molecule has 1 saturated heterocycles. The molecule has 1 unspecified atom stereocenters. The Balaban J connectivity index is 2.30. The van der Waals surface area contributed by atoms with E-state index >= 15 is 0 Å². The summed E-state index contributed by atoms with van der Waals surface area (Å²) in [5.74, 6) is -0.195. The Morgan fingerprint density at radius 3 is 2.86 bits per heavy atom. The summed E-state index contributed by atoms with van der Waals surface area (Å²) in [6, 6.07) is 5.68. The zero-order valence-corrected chi connectivity index (χ0v) is 11.9. The zero-order chi connectivity index (χ0) is 15.6. The molecule has 1 aromatic carbocycles. The van der Waals surface area contributed by atoms with E-state index in [1.54, 1.807) is 0 Å². The number of benzene rings is 1. The van der Waals surface area contributed by atoms with Crippen molar-refractivity contribution >= 4 is 34.2 Å². The van der Waals surface area contributed by atoms with Gasteiger partial charge in [0.25, 0.3) is 5.69 Å². The lowest BCUT2D eigenvalue weighted by Crippen LogP contribution is -2.25. The van der Waals surface area contributed by atoms with Crippen molar-refractivity contribution in [2.45, 2.75) is 18.6 Å². The van der Waals surface area contributed by atoms with Crippen LogP contribution < -0.4 is 4.90 Å². The lowest BCUT2D eigenvalue weighted by atomic mass is 10.1. The first-order chi connectivity index (χ1) is 9.92. The maximum atomic E-state index is 12.0. The van der Waals surface area contributed by atoms with E-state index in [1.165, 1.54) is 24.0 Å². The molecule has 1 heterocycles. The molecule has 1 atom stereocenters. The number of carbonyl (C=O) groups is 2. The summed E-state index contributed by atoms with van der Waals surface area (Å²) >= 11 is 1.09. The van der Waals surface area contributed by atoms with Gasteiger partial charge in [0, 0.05) is 37.3 Å². The van der Waals surface area contributed by atoms with Gasteiger partial charge in [-0.05, 0) is 6.07 Å². The summed E-state index contributed by atoms with van der Waals surface area (Å²) < 4.78 is 0. The van der Waals surface area contributed by atoms with Gasteiger partial charge >= 0.3 is 0 Å². The third kappa shape index (κ3) is 3.20. The summed E-state index contributed by atoms with van der Waals surface area (Å²) in [5, 5.41) is 19.6. The normalized spacial score (nSPS) is 17.6. The van der Waals surface area contributed by atoms with Crippen LogP contribution in [0.2, 0.25) is 0 Å². The topological polar surface area (TPSA) is 104 Å². The third-order valence-corrected chi connectivity index (χ3v) is 4.01. The molecule has 0 N–H and O–H groups in total. The van der Waals surface area contributed by atoms with Crippen LogP contribution in [0.3, 0.4) is 0 Å². The van der Waals surface area contributed by atoms with Crippen molar-refractivity contribution in [3.8, 4) is 6.07 Å². The number of nitrogens with zero attached hydrogens (tertiary/aromatic N) is 3. The van der Waals surface area contributed by atoms with Crippen LogP contribution >= 0.6 is 11.8 Å². The van der Waals surface area contributed by atoms with E-state index in [4.69, 9.17) is 5.26 Å². The van der Waals surface area contributed by atoms with Crippen LogP contribution in [0.15, 0.2) is 18.2 Å². The molecular weight excluding hydrogens is 294 g/mol. The Morgan fingerprint density at radius 1 is 1.57 bits per heavy atom. The van der Waals surface area contributed by atoms with Crippen molar-refractivity contribution < 1.29 is 14.5 Å². The van der Waals surface area contributed by atoms with Gasteiger partial charge in [0.15, 0.2) is 5.12 Å². The van der Waals surface area contributed by atoms with Crippen LogP contribution in [-0.2, 0) is 9.59 Å². The number of nitriles is 1. The van der Waals surface area contributed by atoms with E-state index in [2.05, 4.69) is 0 Å². The van der Waals surface area contributed by atoms with E-state index in [9.17, 15) is 19.7 Å². The van der Waals surface area contributed by atoms with E-state index < -0.39 is 4.92 Å². The number of amides is 1. The van der Waals surface area contributed by atoms with Crippen LogP contribution in [-0.4, -0.2) is 27.7 Å². The first-order valence-electron chi connectivity index (χ1n) is 6.08. The molecule has 21 heavy (non-hydrogen) atoms. The van der Waals surface area contributed by atoms with Crippen LogP contribution in [0.5, 0.6) is 0 Å². The molecule has 1 amide bonds. The van der Waals surface area contributed by atoms with Gasteiger partial charge in [0.05, 0.1) is 16.2 Å². The smallest absolute Gasteiger partial charge is 0.270 e. The number of rotatable bonds is 3. The highest BCUT2D eigenvalue weighted by atomic mass is 32.2. The SMILES string of the molecule is CC(=O)SC1CC(=O)N(c2ccc([N+](=O)[O-])cc2C#N)C1. The predicted molar refractivity (Wildman–Crippen MR) is 76.8 cm³/mol.